The number of allylic oxidation sites excluding steroid dienone is 2. The highest BCUT2D eigenvalue weighted by atomic mass is 31.2. The molecule has 2 atom stereocenters. The molecule has 44 heavy (non-hydrogen) atoms. The minimum atomic E-state index is -4.49. The molecular weight excluding hydrogens is 577 g/mol. The number of hydrogen-bond acceptors (Lipinski definition) is 7. The Bertz CT molecular complexity index is 726. The molecule has 0 aliphatic heterocycles. The second-order valence-corrected chi connectivity index (χ2v) is 14.6. The highest BCUT2D eigenvalue weighted by molar-refractivity contribution is 7.45. The first-order chi connectivity index (χ1) is 21.1. The van der Waals surface area contributed by atoms with Gasteiger partial charge in [0.15, 0.2) is 0 Å². The van der Waals surface area contributed by atoms with Crippen molar-refractivity contribution in [3.8, 4) is 0 Å². The Morgan fingerprint density at radius 2 is 1.18 bits per heavy atom. The smallest absolute Gasteiger partial charge is 0.306 e. The van der Waals surface area contributed by atoms with Crippen molar-refractivity contribution in [3.05, 3.63) is 12.2 Å². The molecule has 2 unspecified atom stereocenters. The molecule has 0 amide bonds. The maximum atomic E-state index is 12.1. The van der Waals surface area contributed by atoms with E-state index in [2.05, 4.69) is 19.1 Å². The Balaban J connectivity index is 3.87. The number of phosphoric ester groups is 1. The van der Waals surface area contributed by atoms with E-state index in [1.54, 1.807) is 0 Å². The Hall–Kier alpha value is -0.760. The Kier molecular flexibility index (Phi) is 29.1. The van der Waals surface area contributed by atoms with Crippen molar-refractivity contribution in [3.63, 3.8) is 0 Å². The average molecular weight is 648 g/mol. The number of rotatable bonds is 33. The molecule has 0 radical (unpaired) electrons. The number of carbonyl (C=O) groups is 1. The molecule has 0 aliphatic rings. The van der Waals surface area contributed by atoms with Crippen LogP contribution in [0.5, 0.6) is 0 Å². The number of likely N-dealkylation sites (N-methyl/N-ethyl adjacent to an activating group) is 1. The van der Waals surface area contributed by atoms with Gasteiger partial charge in [0.1, 0.15) is 19.3 Å². The van der Waals surface area contributed by atoms with Gasteiger partial charge in [-0.25, -0.2) is 0 Å². The molecule has 0 fully saturated rings. The van der Waals surface area contributed by atoms with Crippen LogP contribution in [0.2, 0.25) is 0 Å². The highest BCUT2D eigenvalue weighted by Crippen LogP contribution is 2.38. The maximum Gasteiger partial charge on any atom is 0.306 e. The zero-order chi connectivity index (χ0) is 32.8. The van der Waals surface area contributed by atoms with Crippen molar-refractivity contribution in [2.45, 2.75) is 155 Å². The molecule has 0 aliphatic carbocycles. The number of unbranched alkanes of at least 4 members (excludes halogenated alkanes) is 17. The Labute approximate surface area is 271 Å². The lowest BCUT2D eigenvalue weighted by Gasteiger charge is -2.28. The summed E-state index contributed by atoms with van der Waals surface area (Å²) < 4.78 is 33.9. The lowest BCUT2D eigenvalue weighted by atomic mass is 10.1. The van der Waals surface area contributed by atoms with Crippen LogP contribution in [0.1, 0.15) is 149 Å². The third kappa shape index (κ3) is 32.6. The molecule has 0 spiro atoms. The van der Waals surface area contributed by atoms with Crippen LogP contribution in [0.25, 0.3) is 0 Å². The number of nitrogens with zero attached hydrogens (tertiary/aromatic N) is 1. The first kappa shape index (κ1) is 43.2. The fourth-order valence-electron chi connectivity index (χ4n) is 4.69. The van der Waals surface area contributed by atoms with Gasteiger partial charge in [0.05, 0.1) is 34.4 Å². The van der Waals surface area contributed by atoms with E-state index in [4.69, 9.17) is 18.5 Å². The fourth-order valence-corrected chi connectivity index (χ4v) is 5.42. The number of hydrogen-bond donors (Lipinski definition) is 0. The van der Waals surface area contributed by atoms with Gasteiger partial charge >= 0.3 is 5.97 Å². The Morgan fingerprint density at radius 1 is 0.682 bits per heavy atom. The van der Waals surface area contributed by atoms with Crippen molar-refractivity contribution in [1.29, 1.82) is 0 Å². The van der Waals surface area contributed by atoms with Crippen LogP contribution in [0, 0.1) is 0 Å². The van der Waals surface area contributed by atoms with Crippen LogP contribution < -0.4 is 4.89 Å². The highest BCUT2D eigenvalue weighted by Gasteiger charge is 2.20. The van der Waals surface area contributed by atoms with Crippen LogP contribution in [0.3, 0.4) is 0 Å². The summed E-state index contributed by atoms with van der Waals surface area (Å²) in [5, 5.41) is 0. The van der Waals surface area contributed by atoms with Gasteiger partial charge in [-0.3, -0.25) is 9.36 Å². The van der Waals surface area contributed by atoms with E-state index >= 15 is 0 Å². The van der Waals surface area contributed by atoms with Crippen LogP contribution in [-0.4, -0.2) is 70.7 Å². The lowest BCUT2D eigenvalue weighted by molar-refractivity contribution is -0.870. The summed E-state index contributed by atoms with van der Waals surface area (Å²) >= 11 is 0. The van der Waals surface area contributed by atoms with E-state index in [0.717, 1.165) is 25.7 Å². The van der Waals surface area contributed by atoms with Crippen molar-refractivity contribution in [2.24, 2.45) is 0 Å². The minimum Gasteiger partial charge on any atom is -0.756 e. The average Bonchev–Trinajstić information content (AvgIpc) is 2.96. The standard InChI is InChI=1S/C35H70NO7P/c1-6-8-10-11-12-13-14-15-16-17-18-19-20-21-22-23-24-25-26-27-30-40-32-34(43-35(37)28-9-7-2)33-42-44(38,39)41-31-29-36(3,4)5/h15-16,34H,6-14,17-33H2,1-5H3/b16-15-. The molecule has 0 bridgehead atoms. The summed E-state index contributed by atoms with van der Waals surface area (Å²) in [4.78, 5) is 24.3. The van der Waals surface area contributed by atoms with E-state index in [0.29, 0.717) is 24.1 Å². The van der Waals surface area contributed by atoms with Crippen molar-refractivity contribution in [2.75, 3.05) is 54.1 Å². The molecule has 0 aromatic heterocycles. The van der Waals surface area contributed by atoms with Crippen LogP contribution in [-0.2, 0) is 27.9 Å². The van der Waals surface area contributed by atoms with Crippen molar-refractivity contribution in [1.82, 2.24) is 0 Å². The second-order valence-electron chi connectivity index (χ2n) is 13.2. The van der Waals surface area contributed by atoms with Gasteiger partial charge in [0.25, 0.3) is 7.82 Å². The van der Waals surface area contributed by atoms with E-state index < -0.39 is 13.9 Å². The topological polar surface area (TPSA) is 94.1 Å². The van der Waals surface area contributed by atoms with Gasteiger partial charge in [-0.15, -0.1) is 0 Å². The third-order valence-corrected chi connectivity index (χ3v) is 8.53. The largest absolute Gasteiger partial charge is 0.756 e. The quantitative estimate of drug-likeness (QED) is 0.0231. The van der Waals surface area contributed by atoms with Gasteiger partial charge in [-0.2, -0.15) is 0 Å². The summed E-state index contributed by atoms with van der Waals surface area (Å²) in [5.41, 5.74) is 0. The number of ether oxygens (including phenoxy) is 2. The molecule has 262 valence electrons. The summed E-state index contributed by atoms with van der Waals surface area (Å²) in [6.45, 7) is 5.16. The third-order valence-electron chi connectivity index (χ3n) is 7.57. The van der Waals surface area contributed by atoms with E-state index in [1.807, 2.05) is 28.1 Å². The zero-order valence-corrected chi connectivity index (χ0v) is 30.3. The zero-order valence-electron chi connectivity index (χ0n) is 29.4. The predicted molar refractivity (Wildman–Crippen MR) is 181 cm³/mol. The molecule has 0 heterocycles. The second kappa shape index (κ2) is 29.6. The SMILES string of the molecule is CCCCCCCC/C=C\CCCCCCCCCCCCOCC(COP(=O)([O-])OCC[N+](C)(C)C)OC(=O)CCCC. The summed E-state index contributed by atoms with van der Waals surface area (Å²) in [7, 11) is 1.35. The minimum absolute atomic E-state index is 0.0268. The molecule has 9 heteroatoms. The van der Waals surface area contributed by atoms with Crippen LogP contribution >= 0.6 is 7.82 Å². The van der Waals surface area contributed by atoms with Gasteiger partial charge in [-0.05, 0) is 38.5 Å². The van der Waals surface area contributed by atoms with Gasteiger partial charge in [0, 0.05) is 13.0 Å². The normalized spacial score (nSPS) is 14.2. The number of quaternary nitrogens is 1. The van der Waals surface area contributed by atoms with Gasteiger partial charge in [-0.1, -0.05) is 116 Å². The molecule has 0 rings (SSSR count). The molecule has 0 N–H and O–H groups in total. The van der Waals surface area contributed by atoms with Gasteiger partial charge < -0.3 is 27.9 Å². The van der Waals surface area contributed by atoms with E-state index in [9.17, 15) is 14.3 Å². The number of esters is 1. The molecule has 8 nitrogen and oxygen atoms in total. The number of carbonyl (C=O) groups excluding carboxylic acids is 1. The van der Waals surface area contributed by atoms with E-state index in [1.165, 1.54) is 103 Å². The van der Waals surface area contributed by atoms with Crippen LogP contribution in [0.4, 0.5) is 0 Å². The van der Waals surface area contributed by atoms with Crippen LogP contribution in [0.15, 0.2) is 12.2 Å². The first-order valence-corrected chi connectivity index (χ1v) is 19.4. The van der Waals surface area contributed by atoms with E-state index in [-0.39, 0.29) is 25.8 Å². The summed E-state index contributed by atoms with van der Waals surface area (Å²) in [6.07, 6.45) is 29.0. The maximum absolute atomic E-state index is 12.1. The fraction of sp³-hybridized carbons (Fsp3) is 0.914. The number of phosphoric acid groups is 1. The summed E-state index contributed by atoms with van der Waals surface area (Å²) in [5.74, 6) is -0.369. The summed E-state index contributed by atoms with van der Waals surface area (Å²) in [6, 6.07) is 0. The monoisotopic (exact) mass is 647 g/mol. The molecule has 0 aromatic carbocycles. The molecular formula is C35H70NO7P. The predicted octanol–water partition coefficient (Wildman–Crippen LogP) is 8.91. The van der Waals surface area contributed by atoms with Crippen molar-refractivity contribution >= 4 is 13.8 Å². The van der Waals surface area contributed by atoms with Gasteiger partial charge in [0.2, 0.25) is 0 Å². The first-order valence-electron chi connectivity index (χ1n) is 17.9. The molecule has 0 saturated heterocycles. The lowest BCUT2D eigenvalue weighted by Crippen LogP contribution is -2.37. The Morgan fingerprint density at radius 3 is 1.70 bits per heavy atom. The molecule has 0 aromatic rings. The molecule has 0 saturated carbocycles. The van der Waals surface area contributed by atoms with Crippen molar-refractivity contribution < 1.29 is 37.3 Å².